The standard InChI is InChI=1S/C35H34O8/c1-42-32-20-29(40)33(35-34(32)30(41)19-31(43-35)23-9-16-27(38)17-10-23)24(8-2-21-3-11-25(36)12-4-21)18-28(39)15-7-22-5-13-26(37)14-6-22/h2-6,8-14,16-17,20,24,28,31,36-40H,7,15,18-19H2,1H3/b8-2+/t24-,28-,31-/m0/s1. The Bertz CT molecular complexity index is 1590. The molecule has 5 N–H and O–H groups in total. The third-order valence-corrected chi connectivity index (χ3v) is 7.67. The van der Waals surface area contributed by atoms with Gasteiger partial charge in [0, 0.05) is 17.5 Å². The van der Waals surface area contributed by atoms with Crippen molar-refractivity contribution in [3.8, 4) is 34.5 Å². The number of fused-ring (bicyclic) bond motifs is 1. The number of carbonyl (C=O) groups excluding carboxylic acids is 1. The number of aliphatic hydroxyl groups is 1. The number of hydrogen-bond donors (Lipinski definition) is 5. The smallest absolute Gasteiger partial charge is 0.174 e. The fourth-order valence-corrected chi connectivity index (χ4v) is 5.38. The molecule has 43 heavy (non-hydrogen) atoms. The molecule has 0 saturated heterocycles. The Labute approximate surface area is 249 Å². The summed E-state index contributed by atoms with van der Waals surface area (Å²) in [6.45, 7) is 0. The molecule has 0 saturated carbocycles. The molecule has 0 aliphatic carbocycles. The molecule has 0 spiro atoms. The van der Waals surface area contributed by atoms with E-state index < -0.39 is 18.1 Å². The molecule has 0 aromatic heterocycles. The second-order valence-electron chi connectivity index (χ2n) is 10.7. The number of phenols is 4. The van der Waals surface area contributed by atoms with Crippen LogP contribution in [0.4, 0.5) is 0 Å². The highest BCUT2D eigenvalue weighted by atomic mass is 16.5. The quantitative estimate of drug-likeness (QED) is 0.145. The van der Waals surface area contributed by atoms with Gasteiger partial charge in [-0.3, -0.25) is 4.79 Å². The van der Waals surface area contributed by atoms with Crippen LogP contribution in [0.2, 0.25) is 0 Å². The molecule has 5 rings (SSSR count). The van der Waals surface area contributed by atoms with Gasteiger partial charge < -0.3 is 35.0 Å². The molecule has 222 valence electrons. The average molecular weight is 583 g/mol. The SMILES string of the molecule is COc1cc(O)c([C@@H](/C=C/c2ccc(O)cc2)C[C@@H](O)CCc2ccc(O)cc2)c2c1C(=O)C[C@@H](c1ccc(O)cc1)O2. The third-order valence-electron chi connectivity index (χ3n) is 7.67. The maximum atomic E-state index is 13.5. The summed E-state index contributed by atoms with van der Waals surface area (Å²) in [5, 5.41) is 51.5. The molecule has 1 aliphatic rings. The summed E-state index contributed by atoms with van der Waals surface area (Å²) in [6, 6.07) is 21.3. The highest BCUT2D eigenvalue weighted by Gasteiger charge is 2.36. The minimum Gasteiger partial charge on any atom is -0.508 e. The lowest BCUT2D eigenvalue weighted by Gasteiger charge is -2.31. The van der Waals surface area contributed by atoms with Gasteiger partial charge in [-0.1, -0.05) is 48.6 Å². The monoisotopic (exact) mass is 582 g/mol. The molecular weight excluding hydrogens is 548 g/mol. The Hall–Kier alpha value is -4.95. The number of rotatable bonds is 10. The van der Waals surface area contributed by atoms with E-state index in [1.165, 1.54) is 25.3 Å². The first-order valence-corrected chi connectivity index (χ1v) is 14.1. The van der Waals surface area contributed by atoms with Gasteiger partial charge >= 0.3 is 0 Å². The maximum absolute atomic E-state index is 13.5. The van der Waals surface area contributed by atoms with Crippen molar-refractivity contribution in [2.75, 3.05) is 7.11 Å². The van der Waals surface area contributed by atoms with E-state index in [1.54, 1.807) is 60.7 Å². The van der Waals surface area contributed by atoms with E-state index in [0.29, 0.717) is 24.0 Å². The van der Waals surface area contributed by atoms with Gasteiger partial charge in [-0.25, -0.2) is 0 Å². The number of aryl methyl sites for hydroxylation is 1. The van der Waals surface area contributed by atoms with Crippen molar-refractivity contribution in [3.63, 3.8) is 0 Å². The molecule has 4 aromatic rings. The van der Waals surface area contributed by atoms with Crippen molar-refractivity contribution in [1.29, 1.82) is 0 Å². The van der Waals surface area contributed by atoms with Gasteiger partial charge in [0.25, 0.3) is 0 Å². The van der Waals surface area contributed by atoms with Gasteiger partial charge in [-0.2, -0.15) is 0 Å². The largest absolute Gasteiger partial charge is 0.508 e. The van der Waals surface area contributed by atoms with Crippen molar-refractivity contribution in [3.05, 3.63) is 113 Å². The molecule has 3 atom stereocenters. The zero-order valence-electron chi connectivity index (χ0n) is 23.7. The summed E-state index contributed by atoms with van der Waals surface area (Å²) >= 11 is 0. The van der Waals surface area contributed by atoms with Crippen LogP contribution in [0.5, 0.6) is 34.5 Å². The first-order valence-electron chi connectivity index (χ1n) is 14.1. The Morgan fingerprint density at radius 3 is 2.14 bits per heavy atom. The molecule has 1 heterocycles. The van der Waals surface area contributed by atoms with Crippen molar-refractivity contribution in [1.82, 2.24) is 0 Å². The van der Waals surface area contributed by atoms with Gasteiger partial charge in [-0.15, -0.1) is 0 Å². The van der Waals surface area contributed by atoms with E-state index in [1.807, 2.05) is 12.2 Å². The Morgan fingerprint density at radius 2 is 1.51 bits per heavy atom. The summed E-state index contributed by atoms with van der Waals surface area (Å²) in [6.07, 6.45) is 3.47. The molecule has 8 heteroatoms. The molecule has 0 fully saturated rings. The van der Waals surface area contributed by atoms with Crippen LogP contribution in [0.25, 0.3) is 6.08 Å². The molecule has 8 nitrogen and oxygen atoms in total. The summed E-state index contributed by atoms with van der Waals surface area (Å²) < 4.78 is 11.9. The van der Waals surface area contributed by atoms with Gasteiger partial charge in [0.15, 0.2) is 5.78 Å². The van der Waals surface area contributed by atoms with Crippen molar-refractivity contribution in [2.45, 2.75) is 43.8 Å². The Kier molecular flexibility index (Phi) is 8.87. The van der Waals surface area contributed by atoms with Crippen LogP contribution >= 0.6 is 0 Å². The van der Waals surface area contributed by atoms with Gasteiger partial charge in [0.1, 0.15) is 46.2 Å². The van der Waals surface area contributed by atoms with Crippen LogP contribution in [0.3, 0.4) is 0 Å². The lowest BCUT2D eigenvalue weighted by Crippen LogP contribution is -2.23. The van der Waals surface area contributed by atoms with Crippen LogP contribution in [-0.4, -0.2) is 44.5 Å². The number of methoxy groups -OCH3 is 1. The van der Waals surface area contributed by atoms with Crippen LogP contribution < -0.4 is 9.47 Å². The van der Waals surface area contributed by atoms with Crippen LogP contribution in [-0.2, 0) is 6.42 Å². The molecule has 4 aromatic carbocycles. The fraction of sp³-hybridized carbons (Fsp3) is 0.229. The van der Waals surface area contributed by atoms with E-state index >= 15 is 0 Å². The number of allylic oxidation sites excluding steroid dienone is 1. The zero-order valence-corrected chi connectivity index (χ0v) is 23.7. The topological polar surface area (TPSA) is 137 Å². The maximum Gasteiger partial charge on any atom is 0.174 e. The van der Waals surface area contributed by atoms with E-state index in [2.05, 4.69) is 0 Å². The van der Waals surface area contributed by atoms with E-state index in [-0.39, 0.29) is 58.7 Å². The average Bonchev–Trinajstić information content (AvgIpc) is 2.99. The molecule has 0 bridgehead atoms. The van der Waals surface area contributed by atoms with Crippen molar-refractivity contribution >= 4 is 11.9 Å². The number of ketones is 1. The summed E-state index contributed by atoms with van der Waals surface area (Å²) in [5.41, 5.74) is 3.03. The number of benzene rings is 4. The summed E-state index contributed by atoms with van der Waals surface area (Å²) in [4.78, 5) is 13.5. The predicted molar refractivity (Wildman–Crippen MR) is 162 cm³/mol. The molecule has 0 unspecified atom stereocenters. The second-order valence-corrected chi connectivity index (χ2v) is 10.7. The lowest BCUT2D eigenvalue weighted by atomic mass is 9.85. The van der Waals surface area contributed by atoms with Crippen LogP contribution in [0, 0.1) is 0 Å². The minimum absolute atomic E-state index is 0.0433. The highest BCUT2D eigenvalue weighted by molar-refractivity contribution is 6.03. The van der Waals surface area contributed by atoms with Crippen molar-refractivity contribution in [2.24, 2.45) is 0 Å². The van der Waals surface area contributed by atoms with E-state index in [4.69, 9.17) is 9.47 Å². The lowest BCUT2D eigenvalue weighted by molar-refractivity contribution is 0.0840. The number of hydrogen-bond acceptors (Lipinski definition) is 8. The molecule has 0 amide bonds. The molecule has 0 radical (unpaired) electrons. The first-order chi connectivity index (χ1) is 20.7. The Balaban J connectivity index is 1.53. The minimum atomic E-state index is -0.785. The molecule has 1 aliphatic heterocycles. The summed E-state index contributed by atoms with van der Waals surface area (Å²) in [5.74, 6) is -0.151. The number of aromatic hydroxyl groups is 4. The van der Waals surface area contributed by atoms with Crippen LogP contribution in [0.1, 0.15) is 63.9 Å². The number of aliphatic hydroxyl groups excluding tert-OH is 1. The fourth-order valence-electron chi connectivity index (χ4n) is 5.38. The first kappa shape index (κ1) is 29.5. The van der Waals surface area contributed by atoms with Gasteiger partial charge in [0.2, 0.25) is 0 Å². The van der Waals surface area contributed by atoms with E-state index in [0.717, 1.165) is 11.1 Å². The third kappa shape index (κ3) is 6.93. The Morgan fingerprint density at radius 1 is 0.907 bits per heavy atom. The summed E-state index contributed by atoms with van der Waals surface area (Å²) in [7, 11) is 1.42. The number of carbonyl (C=O) groups is 1. The van der Waals surface area contributed by atoms with Crippen LogP contribution in [0.15, 0.2) is 84.9 Å². The van der Waals surface area contributed by atoms with Gasteiger partial charge in [-0.05, 0) is 72.4 Å². The predicted octanol–water partition coefficient (Wildman–Crippen LogP) is 6.40. The van der Waals surface area contributed by atoms with E-state index in [9.17, 15) is 30.3 Å². The molecular formula is C35H34O8. The highest BCUT2D eigenvalue weighted by Crippen LogP contribution is 2.49. The van der Waals surface area contributed by atoms with Crippen molar-refractivity contribution < 1.29 is 39.8 Å². The second kappa shape index (κ2) is 12.9. The normalized spacial score (nSPS) is 16.0. The van der Waals surface area contributed by atoms with Gasteiger partial charge in [0.05, 0.1) is 19.6 Å². The number of phenolic OH excluding ortho intramolecular Hbond substituents is 4. The zero-order chi connectivity index (χ0) is 30.5. The number of Topliss-reactive ketones (excluding diaryl/α,β-unsaturated/α-hetero) is 1. The number of ether oxygens (including phenoxy) is 2.